The molecule has 23 heavy (non-hydrogen) atoms. The van der Waals surface area contributed by atoms with Crippen molar-refractivity contribution in [2.24, 2.45) is 0 Å². The normalized spacial score (nSPS) is 10.7. The van der Waals surface area contributed by atoms with Crippen molar-refractivity contribution in [1.82, 2.24) is 0 Å². The number of benzene rings is 2. The molecule has 116 valence electrons. The summed E-state index contributed by atoms with van der Waals surface area (Å²) >= 11 is 5.89. The lowest BCUT2D eigenvalue weighted by molar-refractivity contribution is -0.385. The molecular weight excluding hydrogens is 320 g/mol. The summed E-state index contributed by atoms with van der Waals surface area (Å²) in [6.45, 7) is 1.92. The van der Waals surface area contributed by atoms with E-state index in [1.165, 1.54) is 18.2 Å². The van der Waals surface area contributed by atoms with Crippen molar-refractivity contribution in [3.05, 3.63) is 73.4 Å². The summed E-state index contributed by atoms with van der Waals surface area (Å²) in [5, 5.41) is 14.5. The second-order valence-corrected chi connectivity index (χ2v) is 5.43. The van der Waals surface area contributed by atoms with Crippen molar-refractivity contribution in [1.29, 1.82) is 0 Å². The Morgan fingerprint density at radius 1 is 1.17 bits per heavy atom. The molecule has 0 bridgehead atoms. The summed E-state index contributed by atoms with van der Waals surface area (Å²) in [6.07, 6.45) is 0. The van der Waals surface area contributed by atoms with Gasteiger partial charge < -0.3 is 9.73 Å². The third-order valence-corrected chi connectivity index (χ3v) is 3.56. The van der Waals surface area contributed by atoms with E-state index in [1.807, 2.05) is 19.1 Å². The van der Waals surface area contributed by atoms with Gasteiger partial charge in [0.25, 0.3) is 11.3 Å². The summed E-state index contributed by atoms with van der Waals surface area (Å²) in [4.78, 5) is 22.9. The van der Waals surface area contributed by atoms with Gasteiger partial charge in [0.1, 0.15) is 5.58 Å². The van der Waals surface area contributed by atoms with E-state index >= 15 is 0 Å². The number of aryl methyl sites for hydroxylation is 1. The molecule has 3 rings (SSSR count). The van der Waals surface area contributed by atoms with Crippen molar-refractivity contribution < 1.29 is 9.34 Å². The summed E-state index contributed by atoms with van der Waals surface area (Å²) in [5.74, 6) is -0.224. The van der Waals surface area contributed by atoms with Crippen LogP contribution in [-0.4, -0.2) is 4.92 Å². The van der Waals surface area contributed by atoms with Crippen molar-refractivity contribution in [2.75, 3.05) is 5.32 Å². The van der Waals surface area contributed by atoms with Gasteiger partial charge in [0.05, 0.1) is 10.3 Å². The Morgan fingerprint density at radius 3 is 2.52 bits per heavy atom. The van der Waals surface area contributed by atoms with E-state index in [2.05, 4.69) is 5.32 Å². The fraction of sp³-hybridized carbons (Fsp3) is 0.0625. The third kappa shape index (κ3) is 2.89. The molecule has 7 heteroatoms. The average Bonchev–Trinajstić information content (AvgIpc) is 2.49. The smallest absolute Gasteiger partial charge is 0.376 e. The molecule has 2 aromatic carbocycles. The Bertz CT molecular complexity index is 964. The number of nitrogens with zero attached hydrogens (tertiary/aromatic N) is 1. The molecule has 3 aromatic rings. The Kier molecular flexibility index (Phi) is 3.75. The number of fused-ring (bicyclic) bond motifs is 1. The SMILES string of the molecule is Cc1ccc(Nc2oc3cc(Cl)ccc3c(=O)c2[N+](=O)[O-])cc1. The van der Waals surface area contributed by atoms with Crippen LogP contribution >= 0.6 is 11.6 Å². The van der Waals surface area contributed by atoms with Gasteiger partial charge in [-0.1, -0.05) is 29.3 Å². The minimum absolute atomic E-state index is 0.107. The molecule has 0 aliphatic carbocycles. The molecule has 0 saturated carbocycles. The van der Waals surface area contributed by atoms with Crippen LogP contribution in [0.5, 0.6) is 0 Å². The molecule has 0 spiro atoms. The third-order valence-electron chi connectivity index (χ3n) is 3.32. The summed E-state index contributed by atoms with van der Waals surface area (Å²) in [7, 11) is 0. The first-order chi connectivity index (χ1) is 11.0. The standard InChI is InChI=1S/C16H11ClN2O4/c1-9-2-5-11(6-3-9)18-16-14(19(21)22)15(20)12-7-4-10(17)8-13(12)23-16/h2-8,18H,1H3. The predicted octanol–water partition coefficient (Wildman–Crippen LogP) is 4.41. The highest BCUT2D eigenvalue weighted by molar-refractivity contribution is 6.31. The largest absolute Gasteiger partial charge is 0.434 e. The monoisotopic (exact) mass is 330 g/mol. The summed E-state index contributed by atoms with van der Waals surface area (Å²) in [6, 6.07) is 11.5. The number of halogens is 1. The van der Waals surface area contributed by atoms with E-state index < -0.39 is 16.0 Å². The van der Waals surface area contributed by atoms with Gasteiger partial charge in [-0.15, -0.1) is 0 Å². The van der Waals surface area contributed by atoms with Crippen LogP contribution in [0.15, 0.2) is 51.7 Å². The van der Waals surface area contributed by atoms with Crippen molar-refractivity contribution in [3.63, 3.8) is 0 Å². The maximum Gasteiger partial charge on any atom is 0.376 e. The van der Waals surface area contributed by atoms with Gasteiger partial charge in [-0.05, 0) is 31.2 Å². The number of nitro groups is 1. The van der Waals surface area contributed by atoms with Gasteiger partial charge >= 0.3 is 5.69 Å². The number of anilines is 2. The van der Waals surface area contributed by atoms with Crippen molar-refractivity contribution in [3.8, 4) is 0 Å². The number of hydrogen-bond donors (Lipinski definition) is 1. The van der Waals surface area contributed by atoms with E-state index in [0.717, 1.165) is 5.56 Å². The van der Waals surface area contributed by atoms with Crippen LogP contribution in [0.1, 0.15) is 5.56 Å². The quantitative estimate of drug-likeness (QED) is 0.568. The molecule has 0 aliphatic heterocycles. The van der Waals surface area contributed by atoms with Gasteiger partial charge in [-0.25, -0.2) is 0 Å². The van der Waals surface area contributed by atoms with Crippen LogP contribution in [0.2, 0.25) is 5.02 Å². The maximum absolute atomic E-state index is 12.4. The molecule has 1 N–H and O–H groups in total. The van der Waals surface area contributed by atoms with E-state index in [1.54, 1.807) is 12.1 Å². The van der Waals surface area contributed by atoms with E-state index in [4.69, 9.17) is 16.0 Å². The fourth-order valence-electron chi connectivity index (χ4n) is 2.18. The van der Waals surface area contributed by atoms with Crippen molar-refractivity contribution >= 4 is 39.8 Å². The van der Waals surface area contributed by atoms with Crippen LogP contribution in [0, 0.1) is 17.0 Å². The zero-order valence-electron chi connectivity index (χ0n) is 12.0. The number of nitrogens with one attached hydrogen (secondary N) is 1. The minimum Gasteiger partial charge on any atom is -0.434 e. The second-order valence-electron chi connectivity index (χ2n) is 5.00. The van der Waals surface area contributed by atoms with Gasteiger partial charge in [0.2, 0.25) is 0 Å². The van der Waals surface area contributed by atoms with E-state index in [0.29, 0.717) is 10.7 Å². The highest BCUT2D eigenvalue weighted by Crippen LogP contribution is 2.29. The van der Waals surface area contributed by atoms with Crippen LogP contribution in [0.25, 0.3) is 11.0 Å². The predicted molar refractivity (Wildman–Crippen MR) is 88.6 cm³/mol. The highest BCUT2D eigenvalue weighted by Gasteiger charge is 2.25. The van der Waals surface area contributed by atoms with Crippen molar-refractivity contribution in [2.45, 2.75) is 6.92 Å². The number of rotatable bonds is 3. The lowest BCUT2D eigenvalue weighted by Gasteiger charge is -2.07. The second kappa shape index (κ2) is 5.73. The lowest BCUT2D eigenvalue weighted by Crippen LogP contribution is -2.11. The first-order valence-corrected chi connectivity index (χ1v) is 7.08. The Labute approximate surface area is 135 Å². The molecule has 0 radical (unpaired) electrons. The molecule has 1 heterocycles. The Balaban J connectivity index is 2.21. The Morgan fingerprint density at radius 2 is 1.87 bits per heavy atom. The zero-order valence-corrected chi connectivity index (χ0v) is 12.8. The molecule has 0 atom stereocenters. The molecule has 0 unspecified atom stereocenters. The van der Waals surface area contributed by atoms with E-state index in [-0.39, 0.29) is 16.9 Å². The molecular formula is C16H11ClN2O4. The van der Waals surface area contributed by atoms with Gasteiger partial charge in [0.15, 0.2) is 0 Å². The minimum atomic E-state index is -0.754. The number of hydrogen-bond acceptors (Lipinski definition) is 5. The van der Waals surface area contributed by atoms with Crippen LogP contribution in [0.4, 0.5) is 17.3 Å². The Hall–Kier alpha value is -2.86. The van der Waals surface area contributed by atoms with Gasteiger partial charge in [-0.3, -0.25) is 14.9 Å². The van der Waals surface area contributed by atoms with Gasteiger partial charge in [0, 0.05) is 16.8 Å². The van der Waals surface area contributed by atoms with Crippen LogP contribution in [-0.2, 0) is 0 Å². The lowest BCUT2D eigenvalue weighted by atomic mass is 10.2. The maximum atomic E-state index is 12.4. The topological polar surface area (TPSA) is 85.4 Å². The van der Waals surface area contributed by atoms with Gasteiger partial charge in [-0.2, -0.15) is 0 Å². The molecule has 0 saturated heterocycles. The fourth-order valence-corrected chi connectivity index (χ4v) is 2.34. The molecule has 0 fully saturated rings. The highest BCUT2D eigenvalue weighted by atomic mass is 35.5. The summed E-state index contributed by atoms with van der Waals surface area (Å²) in [5.41, 5.74) is 0.436. The average molecular weight is 331 g/mol. The molecule has 0 aliphatic rings. The summed E-state index contributed by atoms with van der Waals surface area (Å²) < 4.78 is 5.51. The van der Waals surface area contributed by atoms with Crippen LogP contribution in [0.3, 0.4) is 0 Å². The molecule has 6 nitrogen and oxygen atoms in total. The first kappa shape index (κ1) is 15.1. The molecule has 0 amide bonds. The van der Waals surface area contributed by atoms with Crippen LogP contribution < -0.4 is 10.7 Å². The zero-order chi connectivity index (χ0) is 16.6. The first-order valence-electron chi connectivity index (χ1n) is 6.70. The van der Waals surface area contributed by atoms with E-state index in [9.17, 15) is 14.9 Å². The molecule has 1 aromatic heterocycles.